The van der Waals surface area contributed by atoms with Gasteiger partial charge in [0.2, 0.25) is 0 Å². The monoisotopic (exact) mass is 277 g/mol. The molecule has 1 amide bonds. The molecule has 5 nitrogen and oxygen atoms in total. The molecular weight excluding hydrogens is 254 g/mol. The van der Waals surface area contributed by atoms with Crippen molar-refractivity contribution >= 4 is 5.91 Å². The molecule has 1 aromatic carbocycles. The first kappa shape index (κ1) is 15.0. The Balaban J connectivity index is 1.70. The van der Waals surface area contributed by atoms with Gasteiger partial charge in [0.1, 0.15) is 0 Å². The van der Waals surface area contributed by atoms with Crippen LogP contribution in [-0.2, 0) is 17.8 Å². The predicted molar refractivity (Wildman–Crippen MR) is 78.7 cm³/mol. The Bertz CT molecular complexity index is 460. The van der Waals surface area contributed by atoms with Crippen molar-refractivity contribution in [2.24, 2.45) is 0 Å². The molecule has 0 atom stereocenters. The van der Waals surface area contributed by atoms with Gasteiger partial charge in [-0.25, -0.2) is 0 Å². The van der Waals surface area contributed by atoms with Crippen molar-refractivity contribution in [2.45, 2.75) is 13.1 Å². The van der Waals surface area contributed by atoms with Gasteiger partial charge in [0, 0.05) is 31.7 Å². The molecule has 0 aliphatic carbocycles. The fraction of sp³-hybridized carbons (Fsp3) is 0.533. The maximum absolute atomic E-state index is 12.0. The van der Waals surface area contributed by atoms with Crippen LogP contribution in [0.2, 0.25) is 0 Å². The minimum atomic E-state index is -0.0316. The SMILES string of the molecule is CN(C)CCOCCNC(=O)c1ccc2c(c1)CNC2. The topological polar surface area (TPSA) is 53.6 Å². The molecule has 0 spiro atoms. The Kier molecular flexibility index (Phi) is 5.52. The molecule has 2 rings (SSSR count). The molecule has 0 unspecified atom stereocenters. The molecule has 0 radical (unpaired) electrons. The van der Waals surface area contributed by atoms with E-state index >= 15 is 0 Å². The van der Waals surface area contributed by atoms with Gasteiger partial charge in [-0.1, -0.05) is 6.07 Å². The summed E-state index contributed by atoms with van der Waals surface area (Å²) in [7, 11) is 4.02. The second-order valence-corrected chi connectivity index (χ2v) is 5.26. The van der Waals surface area contributed by atoms with Gasteiger partial charge in [-0.3, -0.25) is 4.79 Å². The Labute approximate surface area is 120 Å². The van der Waals surface area contributed by atoms with Crippen LogP contribution in [0.4, 0.5) is 0 Å². The summed E-state index contributed by atoms with van der Waals surface area (Å²) in [5.41, 5.74) is 3.23. The largest absolute Gasteiger partial charge is 0.378 e. The minimum Gasteiger partial charge on any atom is -0.378 e. The van der Waals surface area contributed by atoms with Gasteiger partial charge in [0.05, 0.1) is 13.2 Å². The van der Waals surface area contributed by atoms with E-state index in [4.69, 9.17) is 4.74 Å². The maximum atomic E-state index is 12.0. The molecule has 0 saturated heterocycles. The van der Waals surface area contributed by atoms with Crippen LogP contribution in [0.15, 0.2) is 18.2 Å². The van der Waals surface area contributed by atoms with E-state index in [0.717, 1.165) is 25.2 Å². The summed E-state index contributed by atoms with van der Waals surface area (Å²) in [6.45, 7) is 4.42. The van der Waals surface area contributed by atoms with Gasteiger partial charge in [0.25, 0.3) is 5.91 Å². The van der Waals surface area contributed by atoms with E-state index in [-0.39, 0.29) is 5.91 Å². The van der Waals surface area contributed by atoms with Crippen LogP contribution in [0, 0.1) is 0 Å². The van der Waals surface area contributed by atoms with E-state index in [1.807, 2.05) is 32.3 Å². The number of carbonyl (C=O) groups is 1. The summed E-state index contributed by atoms with van der Waals surface area (Å²) in [4.78, 5) is 14.1. The average molecular weight is 277 g/mol. The second-order valence-electron chi connectivity index (χ2n) is 5.26. The van der Waals surface area contributed by atoms with Crippen molar-refractivity contribution in [3.8, 4) is 0 Å². The molecule has 110 valence electrons. The van der Waals surface area contributed by atoms with Crippen LogP contribution in [0.25, 0.3) is 0 Å². The molecule has 0 fully saturated rings. The summed E-state index contributed by atoms with van der Waals surface area (Å²) >= 11 is 0. The van der Waals surface area contributed by atoms with Gasteiger partial charge in [-0.05, 0) is 37.4 Å². The summed E-state index contributed by atoms with van der Waals surface area (Å²) in [6, 6.07) is 5.88. The number of nitrogens with zero attached hydrogens (tertiary/aromatic N) is 1. The molecule has 1 aliphatic heterocycles. The third-order valence-corrected chi connectivity index (χ3v) is 3.31. The number of hydrogen-bond donors (Lipinski definition) is 2. The zero-order valence-corrected chi connectivity index (χ0v) is 12.2. The average Bonchev–Trinajstić information content (AvgIpc) is 2.89. The van der Waals surface area contributed by atoms with Crippen LogP contribution in [0.3, 0.4) is 0 Å². The van der Waals surface area contributed by atoms with E-state index in [1.54, 1.807) is 0 Å². The van der Waals surface area contributed by atoms with Crippen LogP contribution < -0.4 is 10.6 Å². The smallest absolute Gasteiger partial charge is 0.251 e. The number of rotatable bonds is 7. The third kappa shape index (κ3) is 4.30. The number of likely N-dealkylation sites (N-methyl/N-ethyl adjacent to an activating group) is 1. The standard InChI is InChI=1S/C15H23N3O2/c1-18(2)6-8-20-7-5-17-15(19)12-3-4-13-10-16-11-14(13)9-12/h3-4,9,16H,5-8,10-11H2,1-2H3,(H,17,19). The fourth-order valence-electron chi connectivity index (χ4n) is 2.12. The quantitative estimate of drug-likeness (QED) is 0.717. The van der Waals surface area contributed by atoms with Crippen LogP contribution in [0.5, 0.6) is 0 Å². The maximum Gasteiger partial charge on any atom is 0.251 e. The summed E-state index contributed by atoms with van der Waals surface area (Å²) in [5, 5.41) is 6.15. The fourth-order valence-corrected chi connectivity index (χ4v) is 2.12. The Morgan fingerprint density at radius 1 is 1.30 bits per heavy atom. The summed E-state index contributed by atoms with van der Waals surface area (Å²) in [6.07, 6.45) is 0. The first-order valence-electron chi connectivity index (χ1n) is 7.00. The Morgan fingerprint density at radius 2 is 2.10 bits per heavy atom. The lowest BCUT2D eigenvalue weighted by atomic mass is 10.1. The molecule has 0 bridgehead atoms. The molecule has 1 aliphatic rings. The molecule has 1 heterocycles. The van der Waals surface area contributed by atoms with E-state index in [1.165, 1.54) is 11.1 Å². The summed E-state index contributed by atoms with van der Waals surface area (Å²) < 4.78 is 5.44. The third-order valence-electron chi connectivity index (χ3n) is 3.31. The second kappa shape index (κ2) is 7.38. The number of amides is 1. The minimum absolute atomic E-state index is 0.0316. The Morgan fingerprint density at radius 3 is 2.90 bits per heavy atom. The highest BCUT2D eigenvalue weighted by Gasteiger charge is 2.12. The molecule has 0 saturated carbocycles. The lowest BCUT2D eigenvalue weighted by molar-refractivity contribution is 0.0900. The molecule has 0 aromatic heterocycles. The zero-order chi connectivity index (χ0) is 14.4. The van der Waals surface area contributed by atoms with E-state index < -0.39 is 0 Å². The number of fused-ring (bicyclic) bond motifs is 1. The van der Waals surface area contributed by atoms with Crippen LogP contribution in [-0.4, -0.2) is 51.2 Å². The van der Waals surface area contributed by atoms with Gasteiger partial charge in [-0.2, -0.15) is 0 Å². The highest BCUT2D eigenvalue weighted by molar-refractivity contribution is 5.94. The van der Waals surface area contributed by atoms with Gasteiger partial charge >= 0.3 is 0 Å². The van der Waals surface area contributed by atoms with E-state index in [9.17, 15) is 4.79 Å². The predicted octanol–water partition coefficient (Wildman–Crippen LogP) is 0.598. The highest BCUT2D eigenvalue weighted by atomic mass is 16.5. The van der Waals surface area contributed by atoms with Crippen LogP contribution >= 0.6 is 0 Å². The number of ether oxygens (including phenoxy) is 1. The van der Waals surface area contributed by atoms with Crippen molar-refractivity contribution in [3.05, 3.63) is 34.9 Å². The molecule has 1 aromatic rings. The first-order chi connectivity index (χ1) is 9.66. The van der Waals surface area contributed by atoms with E-state index in [0.29, 0.717) is 19.8 Å². The number of benzene rings is 1. The van der Waals surface area contributed by atoms with Crippen LogP contribution in [0.1, 0.15) is 21.5 Å². The van der Waals surface area contributed by atoms with Crippen molar-refractivity contribution in [2.75, 3.05) is 40.4 Å². The van der Waals surface area contributed by atoms with Gasteiger partial charge in [-0.15, -0.1) is 0 Å². The molecular formula is C15H23N3O2. The highest BCUT2D eigenvalue weighted by Crippen LogP contribution is 2.16. The zero-order valence-electron chi connectivity index (χ0n) is 12.2. The number of carbonyl (C=O) groups excluding carboxylic acids is 1. The molecule has 20 heavy (non-hydrogen) atoms. The lowest BCUT2D eigenvalue weighted by Crippen LogP contribution is -2.28. The molecule has 2 N–H and O–H groups in total. The van der Waals surface area contributed by atoms with Crippen molar-refractivity contribution in [3.63, 3.8) is 0 Å². The lowest BCUT2D eigenvalue weighted by Gasteiger charge is -2.10. The van der Waals surface area contributed by atoms with Crippen molar-refractivity contribution in [1.82, 2.24) is 15.5 Å². The number of hydrogen-bond acceptors (Lipinski definition) is 4. The molecule has 5 heteroatoms. The van der Waals surface area contributed by atoms with E-state index in [2.05, 4.69) is 15.5 Å². The summed E-state index contributed by atoms with van der Waals surface area (Å²) in [5.74, 6) is -0.0316. The van der Waals surface area contributed by atoms with Gasteiger partial charge in [0.15, 0.2) is 0 Å². The van der Waals surface area contributed by atoms with Crippen molar-refractivity contribution < 1.29 is 9.53 Å². The van der Waals surface area contributed by atoms with Gasteiger partial charge < -0.3 is 20.3 Å². The normalized spacial score (nSPS) is 13.6. The first-order valence-corrected chi connectivity index (χ1v) is 7.00. The number of nitrogens with one attached hydrogen (secondary N) is 2. The van der Waals surface area contributed by atoms with Crippen molar-refractivity contribution in [1.29, 1.82) is 0 Å². The Hall–Kier alpha value is -1.43.